The standard InChI is InChI=1S/C18H25N5O/c1-13(2)24-16-6-4-15(5-7-16)20-17-12-19-22-18(21-17)23-10-8-14(3)9-11-23/h4-7,12-14H,8-11H2,1-3H3,(H,20,21,22). The smallest absolute Gasteiger partial charge is 0.247 e. The molecule has 6 nitrogen and oxygen atoms in total. The summed E-state index contributed by atoms with van der Waals surface area (Å²) in [4.78, 5) is 6.80. The summed E-state index contributed by atoms with van der Waals surface area (Å²) in [6.07, 6.45) is 4.18. The molecule has 0 atom stereocenters. The van der Waals surface area contributed by atoms with Gasteiger partial charge in [0, 0.05) is 18.8 Å². The topological polar surface area (TPSA) is 63.2 Å². The predicted octanol–water partition coefficient (Wildman–Crippen LogP) is 3.64. The number of aromatic nitrogens is 3. The molecule has 1 aliphatic heterocycles. The Morgan fingerprint density at radius 1 is 1.17 bits per heavy atom. The highest BCUT2D eigenvalue weighted by Crippen LogP contribution is 2.22. The molecule has 0 spiro atoms. The summed E-state index contributed by atoms with van der Waals surface area (Å²) in [6.45, 7) is 8.31. The van der Waals surface area contributed by atoms with Gasteiger partial charge in [-0.05, 0) is 56.9 Å². The van der Waals surface area contributed by atoms with Gasteiger partial charge in [-0.15, -0.1) is 5.10 Å². The van der Waals surface area contributed by atoms with Crippen molar-refractivity contribution in [2.75, 3.05) is 23.3 Å². The molecule has 24 heavy (non-hydrogen) atoms. The Bertz CT molecular complexity index is 651. The zero-order valence-corrected chi connectivity index (χ0v) is 14.6. The molecule has 2 heterocycles. The van der Waals surface area contributed by atoms with Gasteiger partial charge in [0.05, 0.1) is 12.3 Å². The molecule has 3 rings (SSSR count). The summed E-state index contributed by atoms with van der Waals surface area (Å²) in [5, 5.41) is 11.5. The second kappa shape index (κ2) is 7.47. The third-order valence-electron chi connectivity index (χ3n) is 4.11. The van der Waals surface area contributed by atoms with Crippen LogP contribution in [0.2, 0.25) is 0 Å². The van der Waals surface area contributed by atoms with Crippen LogP contribution in [0.5, 0.6) is 5.75 Å². The monoisotopic (exact) mass is 327 g/mol. The number of nitrogens with zero attached hydrogens (tertiary/aromatic N) is 4. The molecule has 1 saturated heterocycles. The Balaban J connectivity index is 1.66. The zero-order valence-electron chi connectivity index (χ0n) is 14.6. The van der Waals surface area contributed by atoms with Crippen LogP contribution in [0.3, 0.4) is 0 Å². The maximum atomic E-state index is 5.65. The van der Waals surface area contributed by atoms with Crippen molar-refractivity contribution in [2.45, 2.75) is 39.7 Å². The van der Waals surface area contributed by atoms with Gasteiger partial charge in [0.2, 0.25) is 5.95 Å². The van der Waals surface area contributed by atoms with Crippen molar-refractivity contribution in [2.24, 2.45) is 5.92 Å². The van der Waals surface area contributed by atoms with Crippen LogP contribution in [0.25, 0.3) is 0 Å². The van der Waals surface area contributed by atoms with E-state index in [1.807, 2.05) is 38.1 Å². The lowest BCUT2D eigenvalue weighted by Gasteiger charge is -2.29. The average Bonchev–Trinajstić information content (AvgIpc) is 2.57. The van der Waals surface area contributed by atoms with Gasteiger partial charge in [-0.3, -0.25) is 0 Å². The van der Waals surface area contributed by atoms with Crippen molar-refractivity contribution in [1.82, 2.24) is 15.2 Å². The highest BCUT2D eigenvalue weighted by molar-refractivity contribution is 5.57. The van der Waals surface area contributed by atoms with Crippen LogP contribution >= 0.6 is 0 Å². The van der Waals surface area contributed by atoms with Crippen molar-refractivity contribution in [3.8, 4) is 5.75 Å². The van der Waals surface area contributed by atoms with E-state index in [0.717, 1.165) is 30.4 Å². The molecule has 1 aromatic heterocycles. The molecular weight excluding hydrogens is 302 g/mol. The van der Waals surface area contributed by atoms with Gasteiger partial charge in [-0.25, -0.2) is 0 Å². The molecule has 128 valence electrons. The highest BCUT2D eigenvalue weighted by atomic mass is 16.5. The van der Waals surface area contributed by atoms with E-state index in [1.54, 1.807) is 6.20 Å². The maximum Gasteiger partial charge on any atom is 0.247 e. The van der Waals surface area contributed by atoms with E-state index in [-0.39, 0.29) is 6.10 Å². The third kappa shape index (κ3) is 4.34. The second-order valence-electron chi connectivity index (χ2n) is 6.63. The second-order valence-corrected chi connectivity index (χ2v) is 6.63. The van der Waals surface area contributed by atoms with Gasteiger partial charge in [0.25, 0.3) is 0 Å². The van der Waals surface area contributed by atoms with Gasteiger partial charge in [0.1, 0.15) is 5.75 Å². The average molecular weight is 327 g/mol. The lowest BCUT2D eigenvalue weighted by molar-refractivity contribution is 0.242. The molecule has 1 aromatic carbocycles. The minimum absolute atomic E-state index is 0.171. The van der Waals surface area contributed by atoms with Crippen molar-refractivity contribution in [3.63, 3.8) is 0 Å². The van der Waals surface area contributed by atoms with E-state index in [4.69, 9.17) is 4.74 Å². The summed E-state index contributed by atoms with van der Waals surface area (Å²) in [5.41, 5.74) is 0.949. The molecule has 0 unspecified atom stereocenters. The Morgan fingerprint density at radius 2 is 1.88 bits per heavy atom. The molecule has 1 fully saturated rings. The van der Waals surface area contributed by atoms with E-state index in [1.165, 1.54) is 12.8 Å². The van der Waals surface area contributed by atoms with Gasteiger partial charge in [-0.2, -0.15) is 10.1 Å². The Labute approximate surface area is 143 Å². The SMILES string of the molecule is CC1CCN(c2nncc(Nc3ccc(OC(C)C)cc3)n2)CC1. The first-order valence-electron chi connectivity index (χ1n) is 8.58. The lowest BCUT2D eigenvalue weighted by Crippen LogP contribution is -2.34. The molecule has 0 amide bonds. The summed E-state index contributed by atoms with van der Waals surface area (Å²) >= 11 is 0. The Kier molecular flexibility index (Phi) is 5.13. The van der Waals surface area contributed by atoms with E-state index in [0.29, 0.717) is 11.8 Å². The van der Waals surface area contributed by atoms with Crippen LogP contribution in [0.15, 0.2) is 30.5 Å². The van der Waals surface area contributed by atoms with Gasteiger partial charge in [-0.1, -0.05) is 6.92 Å². The molecule has 1 N–H and O–H groups in total. The molecular formula is C18H25N5O. The fourth-order valence-corrected chi connectivity index (χ4v) is 2.73. The highest BCUT2D eigenvalue weighted by Gasteiger charge is 2.18. The first-order chi connectivity index (χ1) is 11.6. The van der Waals surface area contributed by atoms with Crippen LogP contribution in [0, 0.1) is 5.92 Å². The minimum Gasteiger partial charge on any atom is -0.491 e. The number of hydrogen-bond donors (Lipinski definition) is 1. The summed E-state index contributed by atoms with van der Waals surface area (Å²) in [7, 11) is 0. The lowest BCUT2D eigenvalue weighted by atomic mass is 10.00. The number of nitrogens with one attached hydrogen (secondary N) is 1. The van der Waals surface area contributed by atoms with E-state index >= 15 is 0 Å². The third-order valence-corrected chi connectivity index (χ3v) is 4.11. The van der Waals surface area contributed by atoms with Crippen molar-refractivity contribution in [3.05, 3.63) is 30.5 Å². The molecule has 6 heteroatoms. The van der Waals surface area contributed by atoms with E-state index < -0.39 is 0 Å². The van der Waals surface area contributed by atoms with Gasteiger partial charge in [0.15, 0.2) is 5.82 Å². The zero-order chi connectivity index (χ0) is 16.9. The predicted molar refractivity (Wildman–Crippen MR) is 95.9 cm³/mol. The Morgan fingerprint density at radius 3 is 2.54 bits per heavy atom. The summed E-state index contributed by atoms with van der Waals surface area (Å²) < 4.78 is 5.65. The molecule has 1 aliphatic rings. The first kappa shape index (κ1) is 16.5. The molecule has 0 saturated carbocycles. The molecule has 0 bridgehead atoms. The van der Waals surface area contributed by atoms with Crippen molar-refractivity contribution < 1.29 is 4.74 Å². The Hall–Kier alpha value is -2.37. The van der Waals surface area contributed by atoms with Crippen molar-refractivity contribution in [1.29, 1.82) is 0 Å². The number of anilines is 3. The number of rotatable bonds is 5. The summed E-state index contributed by atoms with van der Waals surface area (Å²) in [5.74, 6) is 3.05. The van der Waals surface area contributed by atoms with Crippen LogP contribution in [0.4, 0.5) is 17.5 Å². The number of ether oxygens (including phenoxy) is 1. The van der Waals surface area contributed by atoms with E-state index in [2.05, 4.69) is 32.3 Å². The van der Waals surface area contributed by atoms with Crippen LogP contribution in [0.1, 0.15) is 33.6 Å². The quantitative estimate of drug-likeness (QED) is 0.904. The van der Waals surface area contributed by atoms with Crippen LogP contribution < -0.4 is 15.0 Å². The van der Waals surface area contributed by atoms with Crippen LogP contribution in [-0.2, 0) is 0 Å². The number of piperidine rings is 1. The number of benzene rings is 1. The molecule has 0 radical (unpaired) electrons. The fraction of sp³-hybridized carbons (Fsp3) is 0.500. The van der Waals surface area contributed by atoms with Gasteiger partial charge < -0.3 is 15.0 Å². The van der Waals surface area contributed by atoms with Gasteiger partial charge >= 0.3 is 0 Å². The minimum atomic E-state index is 0.171. The van der Waals surface area contributed by atoms with E-state index in [9.17, 15) is 0 Å². The first-order valence-corrected chi connectivity index (χ1v) is 8.58. The fourth-order valence-electron chi connectivity index (χ4n) is 2.73. The largest absolute Gasteiger partial charge is 0.491 e. The molecule has 0 aliphatic carbocycles. The van der Waals surface area contributed by atoms with Crippen molar-refractivity contribution >= 4 is 17.5 Å². The maximum absolute atomic E-state index is 5.65. The molecule has 2 aromatic rings. The summed E-state index contributed by atoms with van der Waals surface area (Å²) in [6, 6.07) is 7.85. The van der Waals surface area contributed by atoms with Crippen LogP contribution in [-0.4, -0.2) is 34.4 Å². The number of hydrogen-bond acceptors (Lipinski definition) is 6. The normalized spacial score (nSPS) is 15.6.